The topological polar surface area (TPSA) is 94.4 Å². The number of sulfonamides is 1. The molecule has 0 atom stereocenters. The van der Waals surface area contributed by atoms with E-state index in [0.29, 0.717) is 19.4 Å². The second kappa shape index (κ2) is 13.9. The molecule has 1 N–H and O–H groups in total. The van der Waals surface area contributed by atoms with E-state index in [4.69, 9.17) is 0 Å². The van der Waals surface area contributed by atoms with E-state index in [0.717, 1.165) is 44.7 Å². The van der Waals surface area contributed by atoms with Crippen molar-refractivity contribution in [3.05, 3.63) is 117 Å². The summed E-state index contributed by atoms with van der Waals surface area (Å²) >= 11 is 1.04. The van der Waals surface area contributed by atoms with E-state index in [1.807, 2.05) is 79.7 Å². The summed E-state index contributed by atoms with van der Waals surface area (Å²) in [6.07, 6.45) is 0.703. The molecule has 0 bridgehead atoms. The Bertz CT molecular complexity index is 1490. The molecule has 4 rings (SSSR count). The zero-order valence-corrected chi connectivity index (χ0v) is 25.0. The van der Waals surface area contributed by atoms with Crippen molar-refractivity contribution in [2.24, 2.45) is 0 Å². The van der Waals surface area contributed by atoms with Crippen molar-refractivity contribution >= 4 is 33.2 Å². The molecule has 9 heteroatoms. The van der Waals surface area contributed by atoms with Gasteiger partial charge in [-0.3, -0.25) is 4.79 Å². The number of nitrogens with one attached hydrogen (secondary N) is 1. The summed E-state index contributed by atoms with van der Waals surface area (Å²) in [4.78, 5) is 24.6. The Balaban J connectivity index is 0.00000400. The second-order valence-corrected chi connectivity index (χ2v) is 11.5. The Morgan fingerprint density at radius 3 is 2.37 bits per heavy atom. The third-order valence-electron chi connectivity index (χ3n) is 5.80. The molecule has 38 heavy (non-hydrogen) atoms. The van der Waals surface area contributed by atoms with E-state index in [9.17, 15) is 18.0 Å². The summed E-state index contributed by atoms with van der Waals surface area (Å²) in [5, 5.41) is 4.60. The number of hydrogen-bond acceptors (Lipinski definition) is 5. The maximum atomic E-state index is 12.3. The molecule has 1 heterocycles. The first-order valence-electron chi connectivity index (χ1n) is 11.8. The molecule has 0 fully saturated rings. The van der Waals surface area contributed by atoms with Crippen molar-refractivity contribution in [2.45, 2.75) is 36.9 Å². The van der Waals surface area contributed by atoms with E-state index in [-0.39, 0.29) is 46.1 Å². The first-order chi connectivity index (χ1) is 17.8. The Labute approximate surface area is 249 Å². The number of hydrogen-bond donors (Lipinski definition) is 1. The fraction of sp³-hybridized carbons (Fsp3) is 0.172. The monoisotopic (exact) mass is 554 g/mol. The molecule has 0 aliphatic carbocycles. The number of carbonyl (C=O) groups excluding carboxylic acids is 2. The number of rotatable bonds is 10. The van der Waals surface area contributed by atoms with Gasteiger partial charge in [-0.2, -0.15) is 0 Å². The fourth-order valence-corrected chi connectivity index (χ4v) is 5.88. The number of amides is 2. The predicted octanol–water partition coefficient (Wildman–Crippen LogP) is 2.81. The van der Waals surface area contributed by atoms with Gasteiger partial charge in [-0.25, -0.2) is 8.42 Å². The van der Waals surface area contributed by atoms with Crippen LogP contribution in [-0.2, 0) is 39.0 Å². The number of carbonyl (C=O) groups is 2. The summed E-state index contributed by atoms with van der Waals surface area (Å²) in [6, 6.07) is 26.6. The third-order valence-corrected chi connectivity index (χ3v) is 8.47. The molecule has 0 spiro atoms. The van der Waals surface area contributed by atoms with Crippen molar-refractivity contribution < 1.29 is 47.6 Å². The van der Waals surface area contributed by atoms with Crippen LogP contribution in [0.2, 0.25) is 0 Å². The zero-order chi connectivity index (χ0) is 26.3. The molecule has 0 radical (unpaired) electrons. The molecule has 0 saturated carbocycles. The summed E-state index contributed by atoms with van der Waals surface area (Å²) in [6.45, 7) is 2.44. The van der Waals surface area contributed by atoms with Gasteiger partial charge in [-0.05, 0) is 59.0 Å². The van der Waals surface area contributed by atoms with Crippen LogP contribution in [-0.4, -0.2) is 20.2 Å². The molecule has 3 aromatic carbocycles. The maximum absolute atomic E-state index is 12.3. The second-order valence-electron chi connectivity index (χ2n) is 8.69. The van der Waals surface area contributed by atoms with Gasteiger partial charge >= 0.3 is 29.6 Å². The summed E-state index contributed by atoms with van der Waals surface area (Å²) in [5.41, 5.74) is 5.96. The molecule has 0 aliphatic rings. The molecule has 6 nitrogen and oxygen atoms in total. The molecular weight excluding hydrogens is 527 g/mol. The van der Waals surface area contributed by atoms with Crippen LogP contribution >= 0.6 is 11.3 Å². The van der Waals surface area contributed by atoms with Crippen molar-refractivity contribution in [3.8, 4) is 11.1 Å². The minimum atomic E-state index is -3.96. The van der Waals surface area contributed by atoms with E-state index in [2.05, 4.69) is 10.0 Å². The number of nitrogens with zero attached hydrogens (tertiary/aromatic N) is 1. The van der Waals surface area contributed by atoms with Crippen LogP contribution in [0.25, 0.3) is 15.8 Å². The normalized spacial score (nSPS) is 10.9. The molecule has 0 unspecified atom stereocenters. The van der Waals surface area contributed by atoms with Crippen LogP contribution in [0.15, 0.2) is 94.5 Å². The number of aryl methyl sites for hydroxylation is 2. The number of benzene rings is 3. The fourth-order valence-electron chi connectivity index (χ4n) is 3.97. The molecule has 0 saturated heterocycles. The predicted molar refractivity (Wildman–Crippen MR) is 147 cm³/mol. The van der Waals surface area contributed by atoms with Gasteiger partial charge in [0.05, 0.1) is 12.3 Å². The Kier molecular flexibility index (Phi) is 10.9. The maximum Gasteiger partial charge on any atom is 1.00 e. The molecule has 4 aromatic rings. The van der Waals surface area contributed by atoms with E-state index in [1.165, 1.54) is 6.07 Å². The van der Waals surface area contributed by atoms with Gasteiger partial charge in [0.1, 0.15) is 14.2 Å². The molecule has 1 aromatic heterocycles. The number of thiophene rings is 1. The zero-order valence-electron chi connectivity index (χ0n) is 21.4. The summed E-state index contributed by atoms with van der Waals surface area (Å²) < 4.78 is 28.0. The standard InChI is InChI=1S/C29H28N2O4S2.Na/c1-21-6-4-7-23(18-21)19-28(33)30-20-22-11-13-25(14-12-22)26-9-3-2-8-24(26)15-16-27(32)31-37(34,35)29-10-5-17-36-29;/h2-14,17-18H,15-16,19-20H2,1H3,(H2,30,31,32,33);/q;+1/p-1. The van der Waals surface area contributed by atoms with Crippen molar-refractivity contribution in [1.29, 1.82) is 0 Å². The van der Waals surface area contributed by atoms with E-state index < -0.39 is 15.9 Å². The van der Waals surface area contributed by atoms with Gasteiger partial charge in [0.15, 0.2) is 0 Å². The van der Waals surface area contributed by atoms with Crippen molar-refractivity contribution in [1.82, 2.24) is 5.32 Å². The van der Waals surface area contributed by atoms with Crippen LogP contribution in [0.1, 0.15) is 28.7 Å². The van der Waals surface area contributed by atoms with Crippen molar-refractivity contribution in [2.75, 3.05) is 0 Å². The first kappa shape index (κ1) is 29.8. The van der Waals surface area contributed by atoms with Crippen molar-refractivity contribution in [3.63, 3.8) is 0 Å². The Hall–Kier alpha value is -2.75. The van der Waals surface area contributed by atoms with Crippen LogP contribution in [0.4, 0.5) is 0 Å². The summed E-state index contributed by atoms with van der Waals surface area (Å²) in [7, 11) is -3.96. The largest absolute Gasteiger partial charge is 1.00 e. The average Bonchev–Trinajstić information content (AvgIpc) is 3.43. The van der Waals surface area contributed by atoms with Gasteiger partial charge in [0.25, 0.3) is 0 Å². The summed E-state index contributed by atoms with van der Waals surface area (Å²) in [5.74, 6) is -0.698. The SMILES string of the molecule is Cc1cccc(CC(=O)NCc2ccc(-c3ccccc3CCC(=O)[N-]S(=O)(=O)c3cccs3)cc2)c1.[Na+]. The molecule has 2 amide bonds. The van der Waals surface area contributed by atoms with Gasteiger partial charge in [-0.1, -0.05) is 84.4 Å². The van der Waals surface area contributed by atoms with Crippen LogP contribution < -0.4 is 34.9 Å². The smallest absolute Gasteiger partial charge is 0.541 e. The van der Waals surface area contributed by atoms with Crippen LogP contribution in [0.3, 0.4) is 0 Å². The Morgan fingerprint density at radius 2 is 1.66 bits per heavy atom. The average molecular weight is 555 g/mol. The minimum Gasteiger partial charge on any atom is -0.541 e. The van der Waals surface area contributed by atoms with Gasteiger partial charge < -0.3 is 14.8 Å². The van der Waals surface area contributed by atoms with Gasteiger partial charge in [0.2, 0.25) is 5.91 Å². The quantitative estimate of drug-likeness (QED) is 0.305. The third kappa shape index (κ3) is 8.38. The first-order valence-corrected chi connectivity index (χ1v) is 14.2. The van der Waals surface area contributed by atoms with Crippen LogP contribution in [0, 0.1) is 6.92 Å². The van der Waals surface area contributed by atoms with E-state index >= 15 is 0 Å². The van der Waals surface area contributed by atoms with E-state index in [1.54, 1.807) is 11.4 Å². The molecule has 190 valence electrons. The van der Waals surface area contributed by atoms with Gasteiger partial charge in [-0.15, -0.1) is 11.3 Å². The molecule has 0 aliphatic heterocycles. The molecular formula is C29H27N2NaO4S2. The Morgan fingerprint density at radius 1 is 0.895 bits per heavy atom. The van der Waals surface area contributed by atoms with Gasteiger partial charge in [0, 0.05) is 6.54 Å². The minimum absolute atomic E-state index is 0. The van der Waals surface area contributed by atoms with Crippen LogP contribution in [0.5, 0.6) is 0 Å².